The molecule has 1 atom stereocenters. The van der Waals surface area contributed by atoms with Crippen molar-refractivity contribution in [1.82, 2.24) is 0 Å². The summed E-state index contributed by atoms with van der Waals surface area (Å²) >= 11 is 0. The molecule has 0 aromatic heterocycles. The van der Waals surface area contributed by atoms with Crippen LogP contribution in [0.3, 0.4) is 0 Å². The van der Waals surface area contributed by atoms with E-state index in [-0.39, 0.29) is 31.1 Å². The third kappa shape index (κ3) is 51.4. The number of rotatable bonds is 52. The van der Waals surface area contributed by atoms with Crippen molar-refractivity contribution in [3.05, 3.63) is 0 Å². The van der Waals surface area contributed by atoms with E-state index in [2.05, 4.69) is 34.6 Å². The Kier molecular flexibility index (Phi) is 49.6. The predicted octanol–water partition coefficient (Wildman–Crippen LogP) is 18.9. The van der Waals surface area contributed by atoms with E-state index in [1.807, 2.05) is 0 Å². The van der Waals surface area contributed by atoms with Gasteiger partial charge in [0.1, 0.15) is 13.2 Å². The molecule has 0 aliphatic carbocycles. The molecule has 0 aliphatic rings. The van der Waals surface area contributed by atoms with Crippen LogP contribution in [0.25, 0.3) is 0 Å². The molecule has 6 nitrogen and oxygen atoms in total. The molecule has 0 saturated carbocycles. The highest BCUT2D eigenvalue weighted by molar-refractivity contribution is 5.71. The van der Waals surface area contributed by atoms with E-state index in [1.165, 1.54) is 212 Å². The summed E-state index contributed by atoms with van der Waals surface area (Å²) in [5.74, 6) is 0.822. The van der Waals surface area contributed by atoms with Crippen LogP contribution in [0.2, 0.25) is 0 Å². The molecule has 0 N–H and O–H groups in total. The summed E-state index contributed by atoms with van der Waals surface area (Å²) in [5.41, 5.74) is 0. The summed E-state index contributed by atoms with van der Waals surface area (Å²) in [5, 5.41) is 0. The van der Waals surface area contributed by atoms with Gasteiger partial charge >= 0.3 is 17.9 Å². The Morgan fingerprint density at radius 2 is 0.516 bits per heavy atom. The molecule has 0 amide bonds. The first-order chi connectivity index (χ1) is 31.2. The van der Waals surface area contributed by atoms with E-state index in [9.17, 15) is 14.4 Å². The SMILES string of the molecule is CCCCCCCCCCCCCCCCCCC(=O)OC[C@@H](COC(=O)CCCCCCCCCCCCC(C)C)OC(=O)CCCCCCCCCCCCCCCCC(C)C. The van der Waals surface area contributed by atoms with Crippen molar-refractivity contribution in [1.29, 1.82) is 0 Å². The number of hydrogen-bond donors (Lipinski definition) is 0. The lowest BCUT2D eigenvalue weighted by molar-refractivity contribution is -0.167. The Labute approximate surface area is 399 Å². The number of unbranched alkanes of at least 4 members (excludes halogenated alkanes) is 37. The Hall–Kier alpha value is -1.59. The summed E-state index contributed by atoms with van der Waals surface area (Å²) in [6.45, 7) is 11.4. The third-order valence-electron chi connectivity index (χ3n) is 13.2. The standard InChI is InChI=1S/C58H112O6/c1-6-7-8-9-10-11-12-13-14-15-19-22-28-33-38-43-48-56(59)62-51-55(52-63-57(60)49-44-39-34-29-25-24-27-32-37-42-47-54(4)5)64-58(61)50-45-40-35-30-23-20-17-16-18-21-26-31-36-41-46-53(2)3/h53-55H,6-52H2,1-5H3/t55-/m0/s1. The molecule has 0 heterocycles. The molecule has 380 valence electrons. The second-order valence-corrected chi connectivity index (χ2v) is 20.9. The van der Waals surface area contributed by atoms with E-state index < -0.39 is 6.10 Å². The van der Waals surface area contributed by atoms with Crippen molar-refractivity contribution in [2.75, 3.05) is 13.2 Å². The second kappa shape index (κ2) is 50.8. The van der Waals surface area contributed by atoms with Gasteiger partial charge in [-0.25, -0.2) is 0 Å². The zero-order valence-corrected chi connectivity index (χ0v) is 43.9. The summed E-state index contributed by atoms with van der Waals surface area (Å²) in [6.07, 6.45) is 53.8. The third-order valence-corrected chi connectivity index (χ3v) is 13.2. The molecular formula is C58H112O6. The number of hydrogen-bond acceptors (Lipinski definition) is 6. The lowest BCUT2D eigenvalue weighted by atomic mass is 10.0. The molecule has 0 rings (SSSR count). The van der Waals surface area contributed by atoms with Crippen LogP contribution in [-0.4, -0.2) is 37.2 Å². The summed E-state index contributed by atoms with van der Waals surface area (Å²) in [4.78, 5) is 38.1. The quantitative estimate of drug-likeness (QED) is 0.0344. The van der Waals surface area contributed by atoms with Crippen molar-refractivity contribution < 1.29 is 28.6 Å². The van der Waals surface area contributed by atoms with Crippen LogP contribution in [0, 0.1) is 11.8 Å². The number of carbonyl (C=O) groups is 3. The average molecular weight is 906 g/mol. The van der Waals surface area contributed by atoms with Gasteiger partial charge in [0.15, 0.2) is 6.10 Å². The van der Waals surface area contributed by atoms with Crippen molar-refractivity contribution >= 4 is 17.9 Å². The van der Waals surface area contributed by atoms with Gasteiger partial charge in [0.25, 0.3) is 0 Å². The van der Waals surface area contributed by atoms with E-state index >= 15 is 0 Å². The molecule has 0 aromatic rings. The van der Waals surface area contributed by atoms with Crippen LogP contribution in [0.15, 0.2) is 0 Å². The maximum absolute atomic E-state index is 12.8. The highest BCUT2D eigenvalue weighted by Gasteiger charge is 2.19. The van der Waals surface area contributed by atoms with E-state index in [1.54, 1.807) is 0 Å². The molecule has 0 aliphatic heterocycles. The predicted molar refractivity (Wildman–Crippen MR) is 275 cm³/mol. The monoisotopic (exact) mass is 905 g/mol. The molecule has 64 heavy (non-hydrogen) atoms. The van der Waals surface area contributed by atoms with Gasteiger partial charge in [0.2, 0.25) is 0 Å². The minimum Gasteiger partial charge on any atom is -0.462 e. The van der Waals surface area contributed by atoms with Gasteiger partial charge in [0.05, 0.1) is 0 Å². The van der Waals surface area contributed by atoms with Crippen molar-refractivity contribution in [2.45, 2.75) is 330 Å². The molecule has 0 fully saturated rings. The Morgan fingerprint density at radius 1 is 0.297 bits per heavy atom. The van der Waals surface area contributed by atoms with Crippen LogP contribution in [0.1, 0.15) is 324 Å². The molecule has 0 radical (unpaired) electrons. The highest BCUT2D eigenvalue weighted by atomic mass is 16.6. The van der Waals surface area contributed by atoms with E-state index in [0.29, 0.717) is 19.3 Å². The van der Waals surface area contributed by atoms with Crippen LogP contribution in [-0.2, 0) is 28.6 Å². The van der Waals surface area contributed by atoms with Crippen LogP contribution in [0.4, 0.5) is 0 Å². The fourth-order valence-electron chi connectivity index (χ4n) is 8.87. The van der Waals surface area contributed by atoms with Crippen LogP contribution < -0.4 is 0 Å². The zero-order chi connectivity index (χ0) is 46.8. The highest BCUT2D eigenvalue weighted by Crippen LogP contribution is 2.18. The number of esters is 3. The Balaban J connectivity index is 4.30. The van der Waals surface area contributed by atoms with Gasteiger partial charge in [0, 0.05) is 19.3 Å². The normalized spacial score (nSPS) is 12.0. The fourth-order valence-corrected chi connectivity index (χ4v) is 8.87. The number of carbonyl (C=O) groups excluding carboxylic acids is 3. The maximum Gasteiger partial charge on any atom is 0.306 e. The number of ether oxygens (including phenoxy) is 3. The molecule has 0 saturated heterocycles. The van der Waals surface area contributed by atoms with Gasteiger partial charge in [-0.1, -0.05) is 285 Å². The summed E-state index contributed by atoms with van der Waals surface area (Å²) in [7, 11) is 0. The minimum absolute atomic E-state index is 0.0628. The molecule has 0 bridgehead atoms. The maximum atomic E-state index is 12.8. The molecular weight excluding hydrogens is 793 g/mol. The summed E-state index contributed by atoms with van der Waals surface area (Å²) < 4.78 is 16.9. The van der Waals surface area contributed by atoms with Gasteiger partial charge in [-0.05, 0) is 31.1 Å². The minimum atomic E-state index is -0.763. The van der Waals surface area contributed by atoms with Gasteiger partial charge in [-0.3, -0.25) is 14.4 Å². The van der Waals surface area contributed by atoms with Gasteiger partial charge in [-0.15, -0.1) is 0 Å². The van der Waals surface area contributed by atoms with E-state index in [0.717, 1.165) is 69.6 Å². The zero-order valence-electron chi connectivity index (χ0n) is 43.9. The van der Waals surface area contributed by atoms with Crippen molar-refractivity contribution in [3.8, 4) is 0 Å². The Morgan fingerprint density at radius 3 is 0.766 bits per heavy atom. The topological polar surface area (TPSA) is 78.9 Å². The fraction of sp³-hybridized carbons (Fsp3) is 0.948. The van der Waals surface area contributed by atoms with Crippen molar-refractivity contribution in [2.24, 2.45) is 11.8 Å². The van der Waals surface area contributed by atoms with Crippen LogP contribution >= 0.6 is 0 Å². The lowest BCUT2D eigenvalue weighted by Crippen LogP contribution is -2.30. The summed E-state index contributed by atoms with van der Waals surface area (Å²) in [6, 6.07) is 0. The Bertz CT molecular complexity index is 978. The molecule has 6 heteroatoms. The average Bonchev–Trinajstić information content (AvgIpc) is 3.27. The molecule has 0 spiro atoms. The molecule has 0 aromatic carbocycles. The van der Waals surface area contributed by atoms with Gasteiger partial charge < -0.3 is 14.2 Å². The smallest absolute Gasteiger partial charge is 0.306 e. The van der Waals surface area contributed by atoms with Gasteiger partial charge in [-0.2, -0.15) is 0 Å². The first-order valence-electron chi connectivity index (χ1n) is 28.7. The first kappa shape index (κ1) is 62.4. The first-order valence-corrected chi connectivity index (χ1v) is 28.7. The largest absolute Gasteiger partial charge is 0.462 e. The van der Waals surface area contributed by atoms with Crippen LogP contribution in [0.5, 0.6) is 0 Å². The second-order valence-electron chi connectivity index (χ2n) is 20.9. The molecule has 0 unspecified atom stereocenters. The van der Waals surface area contributed by atoms with Crippen molar-refractivity contribution in [3.63, 3.8) is 0 Å². The van der Waals surface area contributed by atoms with E-state index in [4.69, 9.17) is 14.2 Å². The lowest BCUT2D eigenvalue weighted by Gasteiger charge is -2.18.